The number of nitrogens with zero attached hydrogens (tertiary/aromatic N) is 3. The van der Waals surface area contributed by atoms with Crippen molar-refractivity contribution in [2.75, 3.05) is 18.5 Å². The molecule has 0 spiro atoms. The van der Waals surface area contributed by atoms with Crippen LogP contribution in [0.25, 0.3) is 0 Å². The number of fused-ring (bicyclic) bond motifs is 1. The summed E-state index contributed by atoms with van der Waals surface area (Å²) in [7, 11) is 2.07. The van der Waals surface area contributed by atoms with Gasteiger partial charge in [0.15, 0.2) is 0 Å². The number of aliphatic carboxylic acids is 1. The van der Waals surface area contributed by atoms with E-state index < -0.39 is 5.97 Å². The van der Waals surface area contributed by atoms with E-state index in [0.29, 0.717) is 0 Å². The largest absolute Gasteiger partial charge is 0.481 e. The van der Waals surface area contributed by atoms with Crippen LogP contribution in [0.3, 0.4) is 0 Å². The maximum Gasteiger partial charge on any atom is 0.308 e. The standard InChI is InChI=1S/C13H19N3O2/c1-15-7-3-5-10-12(15)16(8-14-10)11-6-2-4-9(11)13(17)18/h8-9,11H,2-7H2,1H3,(H,17,18). The predicted octanol–water partition coefficient (Wildman–Crippen LogP) is 1.69. The van der Waals surface area contributed by atoms with Gasteiger partial charge in [-0.3, -0.25) is 4.79 Å². The second kappa shape index (κ2) is 4.30. The Morgan fingerprint density at radius 1 is 1.44 bits per heavy atom. The van der Waals surface area contributed by atoms with Crippen molar-refractivity contribution in [3.8, 4) is 0 Å². The number of hydrogen-bond acceptors (Lipinski definition) is 3. The van der Waals surface area contributed by atoms with Gasteiger partial charge in [-0.15, -0.1) is 0 Å². The van der Waals surface area contributed by atoms with Crippen LogP contribution in [0.2, 0.25) is 0 Å². The van der Waals surface area contributed by atoms with Gasteiger partial charge < -0.3 is 14.6 Å². The van der Waals surface area contributed by atoms with Crippen LogP contribution in [0.1, 0.15) is 37.4 Å². The first-order chi connectivity index (χ1) is 8.68. The van der Waals surface area contributed by atoms with Gasteiger partial charge in [0.2, 0.25) is 0 Å². The highest BCUT2D eigenvalue weighted by Gasteiger charge is 2.36. The van der Waals surface area contributed by atoms with E-state index in [1.807, 2.05) is 6.33 Å². The third-order valence-corrected chi connectivity index (χ3v) is 4.26. The topological polar surface area (TPSA) is 58.4 Å². The summed E-state index contributed by atoms with van der Waals surface area (Å²) in [6.07, 6.45) is 6.73. The Balaban J connectivity index is 1.97. The summed E-state index contributed by atoms with van der Waals surface area (Å²) in [6, 6.07) is 0.0827. The lowest BCUT2D eigenvalue weighted by Gasteiger charge is -2.29. The zero-order valence-corrected chi connectivity index (χ0v) is 10.7. The van der Waals surface area contributed by atoms with Gasteiger partial charge in [0, 0.05) is 19.6 Å². The van der Waals surface area contributed by atoms with E-state index in [0.717, 1.165) is 50.2 Å². The van der Waals surface area contributed by atoms with Gasteiger partial charge in [0.25, 0.3) is 0 Å². The molecule has 18 heavy (non-hydrogen) atoms. The summed E-state index contributed by atoms with van der Waals surface area (Å²) in [4.78, 5) is 18.0. The molecule has 5 heteroatoms. The van der Waals surface area contributed by atoms with Crippen LogP contribution >= 0.6 is 0 Å². The molecule has 1 aromatic heterocycles. The normalized spacial score (nSPS) is 27.3. The summed E-state index contributed by atoms with van der Waals surface area (Å²) in [5.74, 6) is 0.219. The minimum Gasteiger partial charge on any atom is -0.481 e. The van der Waals surface area contributed by atoms with Crippen molar-refractivity contribution in [1.82, 2.24) is 9.55 Å². The number of rotatable bonds is 2. The molecule has 2 aliphatic rings. The molecule has 1 aromatic rings. The average molecular weight is 249 g/mol. The fourth-order valence-electron chi connectivity index (χ4n) is 3.38. The number of imidazole rings is 1. The maximum atomic E-state index is 11.3. The number of carbonyl (C=O) groups is 1. The zero-order valence-electron chi connectivity index (χ0n) is 10.7. The monoisotopic (exact) mass is 249 g/mol. The van der Waals surface area contributed by atoms with Crippen molar-refractivity contribution in [2.24, 2.45) is 5.92 Å². The lowest BCUT2D eigenvalue weighted by Crippen LogP contribution is -2.29. The van der Waals surface area contributed by atoms with Crippen molar-refractivity contribution < 1.29 is 9.90 Å². The molecule has 1 fully saturated rings. The van der Waals surface area contributed by atoms with Crippen LogP contribution in [0.15, 0.2) is 6.33 Å². The first kappa shape index (κ1) is 11.6. The Kier molecular flexibility index (Phi) is 2.76. The van der Waals surface area contributed by atoms with Gasteiger partial charge >= 0.3 is 5.97 Å². The predicted molar refractivity (Wildman–Crippen MR) is 67.8 cm³/mol. The maximum absolute atomic E-state index is 11.3. The van der Waals surface area contributed by atoms with E-state index in [2.05, 4.69) is 21.5 Å². The van der Waals surface area contributed by atoms with Crippen LogP contribution < -0.4 is 4.90 Å². The van der Waals surface area contributed by atoms with Crippen molar-refractivity contribution in [3.05, 3.63) is 12.0 Å². The van der Waals surface area contributed by atoms with E-state index in [1.165, 1.54) is 0 Å². The Bertz CT molecular complexity index is 469. The van der Waals surface area contributed by atoms with Gasteiger partial charge in [-0.2, -0.15) is 0 Å². The van der Waals surface area contributed by atoms with Crippen LogP contribution in [0.5, 0.6) is 0 Å². The smallest absolute Gasteiger partial charge is 0.308 e. The first-order valence-electron chi connectivity index (χ1n) is 6.68. The lowest BCUT2D eigenvalue weighted by molar-refractivity contribution is -0.142. The zero-order chi connectivity index (χ0) is 12.7. The highest BCUT2D eigenvalue weighted by atomic mass is 16.4. The minimum absolute atomic E-state index is 0.0827. The van der Waals surface area contributed by atoms with Gasteiger partial charge in [0.1, 0.15) is 5.82 Å². The first-order valence-corrected chi connectivity index (χ1v) is 6.68. The number of carboxylic acid groups (broad SMARTS) is 1. The minimum atomic E-state index is -0.668. The molecule has 98 valence electrons. The molecular formula is C13H19N3O2. The summed E-state index contributed by atoms with van der Waals surface area (Å²) < 4.78 is 2.11. The van der Waals surface area contributed by atoms with E-state index in [1.54, 1.807) is 0 Å². The lowest BCUT2D eigenvalue weighted by atomic mass is 10.0. The van der Waals surface area contributed by atoms with E-state index in [-0.39, 0.29) is 12.0 Å². The molecule has 1 aliphatic heterocycles. The van der Waals surface area contributed by atoms with E-state index >= 15 is 0 Å². The third kappa shape index (κ3) is 1.69. The molecule has 0 saturated heterocycles. The Hall–Kier alpha value is -1.52. The third-order valence-electron chi connectivity index (χ3n) is 4.26. The van der Waals surface area contributed by atoms with Gasteiger partial charge in [-0.05, 0) is 25.7 Å². The molecular weight excluding hydrogens is 230 g/mol. The van der Waals surface area contributed by atoms with Crippen LogP contribution in [0.4, 0.5) is 5.82 Å². The molecule has 0 amide bonds. The average Bonchev–Trinajstić information content (AvgIpc) is 2.94. The fourth-order valence-corrected chi connectivity index (χ4v) is 3.38. The van der Waals surface area contributed by atoms with Crippen molar-refractivity contribution in [2.45, 2.75) is 38.1 Å². The highest BCUT2D eigenvalue weighted by molar-refractivity contribution is 5.71. The molecule has 0 radical (unpaired) electrons. The van der Waals surface area contributed by atoms with Crippen LogP contribution in [-0.2, 0) is 11.2 Å². The van der Waals surface area contributed by atoms with Crippen LogP contribution in [0, 0.1) is 5.92 Å². The molecule has 2 heterocycles. The number of aryl methyl sites for hydroxylation is 1. The molecule has 0 aromatic carbocycles. The summed E-state index contributed by atoms with van der Waals surface area (Å²) in [6.45, 7) is 1.03. The second-order valence-electron chi connectivity index (χ2n) is 5.39. The molecule has 1 saturated carbocycles. The quantitative estimate of drug-likeness (QED) is 0.866. The van der Waals surface area contributed by atoms with E-state index in [4.69, 9.17) is 0 Å². The van der Waals surface area contributed by atoms with Crippen molar-refractivity contribution in [3.63, 3.8) is 0 Å². The Morgan fingerprint density at radius 3 is 3.06 bits per heavy atom. The number of anilines is 1. The molecule has 0 bridgehead atoms. The number of aromatic nitrogens is 2. The van der Waals surface area contributed by atoms with Crippen LogP contribution in [-0.4, -0.2) is 34.2 Å². The second-order valence-corrected chi connectivity index (χ2v) is 5.39. The van der Waals surface area contributed by atoms with Gasteiger partial charge in [-0.25, -0.2) is 4.98 Å². The molecule has 5 nitrogen and oxygen atoms in total. The summed E-state index contributed by atoms with van der Waals surface area (Å²) in [5, 5.41) is 9.31. The van der Waals surface area contributed by atoms with Gasteiger partial charge in [-0.1, -0.05) is 6.42 Å². The SMILES string of the molecule is CN1CCCc2ncn(C3CCCC3C(=O)O)c21. The molecule has 1 aliphatic carbocycles. The fraction of sp³-hybridized carbons (Fsp3) is 0.692. The molecule has 2 unspecified atom stereocenters. The Morgan fingerprint density at radius 2 is 2.28 bits per heavy atom. The molecule has 1 N–H and O–H groups in total. The summed E-state index contributed by atoms with van der Waals surface area (Å²) in [5.41, 5.74) is 1.12. The van der Waals surface area contributed by atoms with Gasteiger partial charge in [0.05, 0.1) is 17.9 Å². The molecule has 2 atom stereocenters. The highest BCUT2D eigenvalue weighted by Crippen LogP contribution is 2.40. The molecule has 3 rings (SSSR count). The Labute approximate surface area is 106 Å². The van der Waals surface area contributed by atoms with Crippen molar-refractivity contribution >= 4 is 11.8 Å². The number of hydrogen-bond donors (Lipinski definition) is 1. The number of carboxylic acids is 1. The van der Waals surface area contributed by atoms with E-state index in [9.17, 15) is 9.90 Å². The summed E-state index contributed by atoms with van der Waals surface area (Å²) >= 11 is 0. The van der Waals surface area contributed by atoms with Crippen molar-refractivity contribution in [1.29, 1.82) is 0 Å².